The fourth-order valence-corrected chi connectivity index (χ4v) is 2.25. The van der Waals surface area contributed by atoms with Gasteiger partial charge in [-0.25, -0.2) is 4.98 Å². The molecule has 0 radical (unpaired) electrons. The van der Waals surface area contributed by atoms with Crippen LogP contribution in [0.4, 0.5) is 0 Å². The predicted molar refractivity (Wildman–Crippen MR) is 98.6 cm³/mol. The van der Waals surface area contributed by atoms with Crippen molar-refractivity contribution in [3.63, 3.8) is 0 Å². The third kappa shape index (κ3) is 6.19. The van der Waals surface area contributed by atoms with Crippen molar-refractivity contribution >= 4 is 23.4 Å². The van der Waals surface area contributed by atoms with Gasteiger partial charge in [0.2, 0.25) is 0 Å². The van der Waals surface area contributed by atoms with Gasteiger partial charge in [-0.05, 0) is 42.2 Å². The predicted octanol–water partition coefficient (Wildman–Crippen LogP) is 3.44. The molecule has 1 heterocycles. The maximum Gasteiger partial charge on any atom is 0.270 e. The Morgan fingerprint density at radius 2 is 1.60 bits per heavy atom. The van der Waals surface area contributed by atoms with Gasteiger partial charge in [0.1, 0.15) is 11.4 Å². The molecule has 0 bridgehead atoms. The van der Waals surface area contributed by atoms with E-state index in [1.54, 1.807) is 30.3 Å². The zero-order valence-electron chi connectivity index (χ0n) is 14.4. The van der Waals surface area contributed by atoms with Crippen LogP contribution in [0.3, 0.4) is 0 Å². The van der Waals surface area contributed by atoms with Gasteiger partial charge in [-0.3, -0.25) is 9.59 Å². The van der Waals surface area contributed by atoms with Crippen LogP contribution in [-0.2, 0) is 6.54 Å². The van der Waals surface area contributed by atoms with Gasteiger partial charge in [0, 0.05) is 18.1 Å². The number of amides is 2. The van der Waals surface area contributed by atoms with Crippen LogP contribution in [0, 0.1) is 5.92 Å². The zero-order valence-corrected chi connectivity index (χ0v) is 15.1. The zero-order chi connectivity index (χ0) is 18.2. The molecule has 1 aromatic heterocycles. The van der Waals surface area contributed by atoms with E-state index in [0.717, 1.165) is 12.0 Å². The van der Waals surface area contributed by atoms with Crippen LogP contribution in [0.25, 0.3) is 0 Å². The Hall–Kier alpha value is -2.40. The van der Waals surface area contributed by atoms with Gasteiger partial charge in [0.25, 0.3) is 11.8 Å². The Morgan fingerprint density at radius 1 is 1.00 bits per heavy atom. The summed E-state index contributed by atoms with van der Waals surface area (Å²) in [5.41, 5.74) is 1.38. The molecule has 2 aromatic rings. The van der Waals surface area contributed by atoms with E-state index in [0.29, 0.717) is 24.0 Å². The quantitative estimate of drug-likeness (QED) is 0.795. The average molecular weight is 360 g/mol. The fraction of sp³-hybridized carbons (Fsp3) is 0.316. The highest BCUT2D eigenvalue weighted by Crippen LogP contribution is 2.09. The number of aromatic nitrogens is 1. The monoisotopic (exact) mass is 359 g/mol. The molecule has 0 aliphatic carbocycles. The maximum absolute atomic E-state index is 12.2. The van der Waals surface area contributed by atoms with E-state index in [1.165, 1.54) is 0 Å². The number of benzene rings is 1. The summed E-state index contributed by atoms with van der Waals surface area (Å²) in [6.07, 6.45) is 0.896. The van der Waals surface area contributed by atoms with E-state index in [9.17, 15) is 9.59 Å². The van der Waals surface area contributed by atoms with E-state index in [-0.39, 0.29) is 23.2 Å². The molecule has 0 aliphatic heterocycles. The van der Waals surface area contributed by atoms with Gasteiger partial charge in [-0.1, -0.05) is 43.6 Å². The Morgan fingerprint density at radius 3 is 2.20 bits per heavy atom. The molecule has 2 rings (SSSR count). The molecule has 0 fully saturated rings. The minimum Gasteiger partial charge on any atom is -0.351 e. The second-order valence-corrected chi connectivity index (χ2v) is 6.59. The summed E-state index contributed by atoms with van der Waals surface area (Å²) >= 11 is 5.84. The third-order valence-electron chi connectivity index (χ3n) is 3.59. The van der Waals surface area contributed by atoms with Crippen molar-refractivity contribution in [2.24, 2.45) is 5.92 Å². The largest absolute Gasteiger partial charge is 0.351 e. The van der Waals surface area contributed by atoms with E-state index in [1.807, 2.05) is 12.1 Å². The van der Waals surface area contributed by atoms with E-state index in [2.05, 4.69) is 29.5 Å². The number of nitrogens with one attached hydrogen (secondary N) is 2. The molecule has 0 spiro atoms. The second-order valence-electron chi connectivity index (χ2n) is 6.16. The number of pyridine rings is 1. The molecular formula is C19H22ClN3O2. The minimum atomic E-state index is -0.327. The molecule has 1 aromatic carbocycles. The molecule has 6 heteroatoms. The lowest BCUT2D eigenvalue weighted by Gasteiger charge is -2.08. The molecular weight excluding hydrogens is 338 g/mol. The van der Waals surface area contributed by atoms with E-state index < -0.39 is 0 Å². The van der Waals surface area contributed by atoms with Gasteiger partial charge in [-0.15, -0.1) is 0 Å². The first-order chi connectivity index (χ1) is 12.0. The van der Waals surface area contributed by atoms with E-state index in [4.69, 9.17) is 11.6 Å². The number of halogens is 1. The van der Waals surface area contributed by atoms with E-state index >= 15 is 0 Å². The topological polar surface area (TPSA) is 71.1 Å². The molecule has 25 heavy (non-hydrogen) atoms. The number of hydrogen-bond acceptors (Lipinski definition) is 3. The lowest BCUT2D eigenvalue weighted by molar-refractivity contribution is 0.0942. The average Bonchev–Trinajstić information content (AvgIpc) is 2.60. The van der Waals surface area contributed by atoms with Crippen molar-refractivity contribution in [1.29, 1.82) is 0 Å². The Labute approximate surface area is 152 Å². The van der Waals surface area contributed by atoms with Gasteiger partial charge >= 0.3 is 0 Å². The van der Waals surface area contributed by atoms with Gasteiger partial charge in [0.05, 0.1) is 0 Å². The smallest absolute Gasteiger partial charge is 0.270 e. The van der Waals surface area contributed by atoms with Crippen LogP contribution < -0.4 is 10.6 Å². The summed E-state index contributed by atoms with van der Waals surface area (Å²) in [5.74, 6) is -0.0852. The molecule has 0 unspecified atom stereocenters. The van der Waals surface area contributed by atoms with Crippen molar-refractivity contribution in [1.82, 2.24) is 15.6 Å². The Kier molecular flexibility index (Phi) is 6.95. The first-order valence-corrected chi connectivity index (χ1v) is 8.61. The number of nitrogens with zero attached hydrogens (tertiary/aromatic N) is 1. The molecule has 0 saturated carbocycles. The van der Waals surface area contributed by atoms with Crippen LogP contribution in [0.2, 0.25) is 5.02 Å². The molecule has 132 valence electrons. The highest BCUT2D eigenvalue weighted by molar-refractivity contribution is 6.30. The maximum atomic E-state index is 12.2. The number of rotatable bonds is 7. The highest BCUT2D eigenvalue weighted by Gasteiger charge is 2.12. The number of carbonyl (C=O) groups is 2. The van der Waals surface area contributed by atoms with Crippen LogP contribution in [0.15, 0.2) is 42.5 Å². The lowest BCUT2D eigenvalue weighted by atomic mass is 10.1. The second kappa shape index (κ2) is 9.18. The Bertz CT molecular complexity index is 730. The highest BCUT2D eigenvalue weighted by atomic mass is 35.5. The molecule has 0 atom stereocenters. The molecule has 5 nitrogen and oxygen atoms in total. The van der Waals surface area contributed by atoms with Gasteiger partial charge in [-0.2, -0.15) is 0 Å². The lowest BCUT2D eigenvalue weighted by Crippen LogP contribution is -2.28. The normalized spacial score (nSPS) is 10.6. The Balaban J connectivity index is 1.93. The van der Waals surface area contributed by atoms with Gasteiger partial charge in [0.15, 0.2) is 0 Å². The van der Waals surface area contributed by atoms with Crippen LogP contribution in [-0.4, -0.2) is 23.3 Å². The van der Waals surface area contributed by atoms with Crippen molar-refractivity contribution < 1.29 is 9.59 Å². The van der Waals surface area contributed by atoms with Crippen molar-refractivity contribution in [2.75, 3.05) is 6.54 Å². The third-order valence-corrected chi connectivity index (χ3v) is 3.84. The van der Waals surface area contributed by atoms with Crippen molar-refractivity contribution in [3.05, 3.63) is 64.4 Å². The standard InChI is InChI=1S/C19H22ClN3O2/c1-13(2)10-11-21-18(24)16-4-3-5-17(23-16)19(25)22-12-14-6-8-15(20)9-7-14/h3-9,13H,10-12H2,1-2H3,(H,21,24)(H,22,25). The number of hydrogen-bond donors (Lipinski definition) is 2. The molecule has 0 saturated heterocycles. The summed E-state index contributed by atoms with van der Waals surface area (Å²) in [6, 6.07) is 12.1. The van der Waals surface area contributed by atoms with Crippen LogP contribution in [0.5, 0.6) is 0 Å². The van der Waals surface area contributed by atoms with Crippen LogP contribution in [0.1, 0.15) is 46.8 Å². The number of carbonyl (C=O) groups excluding carboxylic acids is 2. The SMILES string of the molecule is CC(C)CCNC(=O)c1cccc(C(=O)NCc2ccc(Cl)cc2)n1. The van der Waals surface area contributed by atoms with Gasteiger partial charge < -0.3 is 10.6 Å². The van der Waals surface area contributed by atoms with Crippen LogP contribution >= 0.6 is 11.6 Å². The summed E-state index contributed by atoms with van der Waals surface area (Å²) < 4.78 is 0. The summed E-state index contributed by atoms with van der Waals surface area (Å²) in [6.45, 7) is 5.14. The van der Waals surface area contributed by atoms with Crippen molar-refractivity contribution in [2.45, 2.75) is 26.8 Å². The fourth-order valence-electron chi connectivity index (χ4n) is 2.13. The molecule has 2 N–H and O–H groups in total. The first-order valence-electron chi connectivity index (χ1n) is 8.23. The summed E-state index contributed by atoms with van der Waals surface area (Å²) in [4.78, 5) is 28.5. The first kappa shape index (κ1) is 18.9. The molecule has 2 amide bonds. The molecule has 0 aliphatic rings. The van der Waals surface area contributed by atoms with Crippen molar-refractivity contribution in [3.8, 4) is 0 Å². The minimum absolute atomic E-state index is 0.213. The summed E-state index contributed by atoms with van der Waals surface area (Å²) in [7, 11) is 0. The summed E-state index contributed by atoms with van der Waals surface area (Å²) in [5, 5.41) is 6.24.